The first kappa shape index (κ1) is 15.7. The van der Waals surface area contributed by atoms with E-state index in [1.807, 2.05) is 0 Å². The van der Waals surface area contributed by atoms with Crippen LogP contribution < -0.4 is 5.32 Å². The quantitative estimate of drug-likeness (QED) is 0.736. The first-order valence-corrected chi connectivity index (χ1v) is 8.70. The third-order valence-corrected chi connectivity index (χ3v) is 4.20. The van der Waals surface area contributed by atoms with Gasteiger partial charge in [0.15, 0.2) is 0 Å². The highest BCUT2D eigenvalue weighted by Gasteiger charge is 2.18. The van der Waals surface area contributed by atoms with Gasteiger partial charge in [-0.3, -0.25) is 4.90 Å². The monoisotopic (exact) mass is 274 g/mol. The van der Waals surface area contributed by atoms with E-state index < -0.39 is 9.84 Å². The van der Waals surface area contributed by atoms with Crippen LogP contribution in [-0.2, 0) is 9.84 Å². The molecule has 1 rings (SSSR count). The number of hydrogen-bond donors (Lipinski definition) is 1. The summed E-state index contributed by atoms with van der Waals surface area (Å²) in [4.78, 5) is 2.45. The molecule has 0 saturated carbocycles. The number of piperidine rings is 1. The molecule has 0 aromatic rings. The minimum absolute atomic E-state index is 0.241. The lowest BCUT2D eigenvalue weighted by atomic mass is 10.1. The van der Waals surface area contributed by atoms with Crippen LogP contribution in [-0.4, -0.2) is 57.5 Å². The molecule has 4 nitrogen and oxygen atoms in total. The Balaban J connectivity index is 2.17. The van der Waals surface area contributed by atoms with Crippen molar-refractivity contribution in [2.75, 3.05) is 38.2 Å². The van der Waals surface area contributed by atoms with Crippen LogP contribution in [0.2, 0.25) is 0 Å². The number of nitrogens with one attached hydrogen (secondary N) is 1. The third kappa shape index (κ3) is 7.13. The molecule has 1 aliphatic rings. The smallest absolute Gasteiger partial charge is 0.148 e. The first-order valence-electron chi connectivity index (χ1n) is 6.63. The molecule has 1 saturated heterocycles. The van der Waals surface area contributed by atoms with E-state index in [4.69, 9.17) is 0 Å². The number of hydrogen-bond acceptors (Lipinski definition) is 4. The Morgan fingerprint density at radius 3 is 2.44 bits per heavy atom. The van der Waals surface area contributed by atoms with Crippen LogP contribution in [0.5, 0.6) is 0 Å². The highest BCUT2D eigenvalue weighted by atomic mass is 32.2. The molecule has 0 bridgehead atoms. The molecular formula is C13H26N2O2S. The van der Waals surface area contributed by atoms with Gasteiger partial charge in [-0.2, -0.15) is 0 Å². The Kier molecular flexibility index (Phi) is 6.32. The van der Waals surface area contributed by atoms with Crippen LogP contribution in [0.3, 0.4) is 0 Å². The fourth-order valence-electron chi connectivity index (χ4n) is 2.08. The van der Waals surface area contributed by atoms with E-state index in [-0.39, 0.29) is 5.75 Å². The molecule has 1 N–H and O–H groups in total. The molecule has 106 valence electrons. The molecule has 1 aliphatic heterocycles. The summed E-state index contributed by atoms with van der Waals surface area (Å²) in [6, 6.07) is 0.481. The van der Waals surface area contributed by atoms with Gasteiger partial charge in [0.2, 0.25) is 0 Å². The van der Waals surface area contributed by atoms with Crippen LogP contribution in [0.15, 0.2) is 11.6 Å². The average molecular weight is 274 g/mol. The zero-order chi connectivity index (χ0) is 13.6. The SMILES string of the molecule is CC(C)=CCN1CCC(NCCS(C)(=O)=O)CC1. The molecule has 1 heterocycles. The molecule has 0 aromatic carbocycles. The van der Waals surface area contributed by atoms with E-state index >= 15 is 0 Å². The summed E-state index contributed by atoms with van der Waals surface area (Å²) in [5.41, 5.74) is 1.36. The van der Waals surface area contributed by atoms with Crippen molar-refractivity contribution in [1.29, 1.82) is 0 Å². The zero-order valence-electron chi connectivity index (χ0n) is 11.8. The standard InChI is InChI=1S/C13H26N2O2S/c1-12(2)4-8-15-9-5-13(6-10-15)14-7-11-18(3,16)17/h4,13-14H,5-11H2,1-3H3. The van der Waals surface area contributed by atoms with Gasteiger partial charge in [0, 0.05) is 25.4 Å². The fourth-order valence-corrected chi connectivity index (χ4v) is 2.57. The minimum atomic E-state index is -2.83. The summed E-state index contributed by atoms with van der Waals surface area (Å²) in [6.07, 6.45) is 5.77. The molecule has 5 heteroatoms. The molecule has 18 heavy (non-hydrogen) atoms. The lowest BCUT2D eigenvalue weighted by Crippen LogP contribution is -2.43. The van der Waals surface area contributed by atoms with Crippen molar-refractivity contribution in [1.82, 2.24) is 10.2 Å². The Labute approximate surface area is 111 Å². The highest BCUT2D eigenvalue weighted by Crippen LogP contribution is 2.10. The van der Waals surface area contributed by atoms with Crippen LogP contribution in [0.1, 0.15) is 26.7 Å². The van der Waals surface area contributed by atoms with Crippen molar-refractivity contribution in [3.05, 3.63) is 11.6 Å². The zero-order valence-corrected chi connectivity index (χ0v) is 12.6. The minimum Gasteiger partial charge on any atom is -0.313 e. The van der Waals surface area contributed by atoms with Gasteiger partial charge in [-0.05, 0) is 39.8 Å². The van der Waals surface area contributed by atoms with E-state index in [0.717, 1.165) is 32.5 Å². The molecule has 0 spiro atoms. The Morgan fingerprint density at radius 2 is 1.94 bits per heavy atom. The van der Waals surface area contributed by atoms with Gasteiger partial charge in [0.1, 0.15) is 9.84 Å². The largest absolute Gasteiger partial charge is 0.313 e. The highest BCUT2D eigenvalue weighted by molar-refractivity contribution is 7.90. The molecule has 0 atom stereocenters. The van der Waals surface area contributed by atoms with Crippen molar-refractivity contribution in [2.45, 2.75) is 32.7 Å². The lowest BCUT2D eigenvalue weighted by molar-refractivity contribution is 0.216. The summed E-state index contributed by atoms with van der Waals surface area (Å²) < 4.78 is 22.0. The maximum atomic E-state index is 11.0. The topological polar surface area (TPSA) is 49.4 Å². The van der Waals surface area contributed by atoms with Gasteiger partial charge in [-0.1, -0.05) is 11.6 Å². The van der Waals surface area contributed by atoms with Gasteiger partial charge < -0.3 is 5.32 Å². The van der Waals surface area contributed by atoms with Crippen LogP contribution in [0, 0.1) is 0 Å². The predicted octanol–water partition coefficient (Wildman–Crippen LogP) is 1.05. The summed E-state index contributed by atoms with van der Waals surface area (Å²) in [5.74, 6) is 0.241. The summed E-state index contributed by atoms with van der Waals surface area (Å²) in [5, 5.41) is 3.34. The van der Waals surface area contributed by atoms with E-state index in [0.29, 0.717) is 12.6 Å². The van der Waals surface area contributed by atoms with Crippen molar-refractivity contribution in [2.24, 2.45) is 0 Å². The van der Waals surface area contributed by atoms with Gasteiger partial charge in [-0.15, -0.1) is 0 Å². The van der Waals surface area contributed by atoms with Crippen LogP contribution in [0.4, 0.5) is 0 Å². The number of allylic oxidation sites excluding steroid dienone is 1. The molecule has 0 aliphatic carbocycles. The molecular weight excluding hydrogens is 248 g/mol. The predicted molar refractivity (Wildman–Crippen MR) is 76.6 cm³/mol. The lowest BCUT2D eigenvalue weighted by Gasteiger charge is -2.31. The fraction of sp³-hybridized carbons (Fsp3) is 0.846. The summed E-state index contributed by atoms with van der Waals surface area (Å²) in [7, 11) is -2.83. The summed E-state index contributed by atoms with van der Waals surface area (Å²) in [6.45, 7) is 8.06. The maximum Gasteiger partial charge on any atom is 0.148 e. The van der Waals surface area contributed by atoms with Gasteiger partial charge in [0.25, 0.3) is 0 Å². The average Bonchev–Trinajstić information content (AvgIpc) is 2.26. The second-order valence-corrected chi connectivity index (χ2v) is 7.70. The molecule has 0 radical (unpaired) electrons. The van der Waals surface area contributed by atoms with Crippen molar-refractivity contribution < 1.29 is 8.42 Å². The second kappa shape index (κ2) is 7.26. The Bertz CT molecular complexity index is 364. The third-order valence-electron chi connectivity index (χ3n) is 3.25. The first-order chi connectivity index (χ1) is 8.37. The van der Waals surface area contributed by atoms with Gasteiger partial charge in [0.05, 0.1) is 5.75 Å². The molecule has 0 aromatic heterocycles. The van der Waals surface area contributed by atoms with E-state index in [1.54, 1.807) is 0 Å². The number of nitrogens with zero attached hydrogens (tertiary/aromatic N) is 1. The van der Waals surface area contributed by atoms with Gasteiger partial charge in [-0.25, -0.2) is 8.42 Å². The van der Waals surface area contributed by atoms with Crippen molar-refractivity contribution in [3.8, 4) is 0 Å². The number of likely N-dealkylation sites (tertiary alicyclic amines) is 1. The molecule has 0 amide bonds. The number of rotatable bonds is 6. The Hall–Kier alpha value is -0.390. The van der Waals surface area contributed by atoms with E-state index in [2.05, 4.69) is 30.1 Å². The van der Waals surface area contributed by atoms with E-state index in [9.17, 15) is 8.42 Å². The number of sulfone groups is 1. The van der Waals surface area contributed by atoms with Crippen molar-refractivity contribution >= 4 is 9.84 Å². The van der Waals surface area contributed by atoms with Crippen LogP contribution >= 0.6 is 0 Å². The maximum absolute atomic E-state index is 11.0. The molecule has 0 unspecified atom stereocenters. The molecule has 1 fully saturated rings. The van der Waals surface area contributed by atoms with Crippen LogP contribution in [0.25, 0.3) is 0 Å². The second-order valence-electron chi connectivity index (χ2n) is 5.44. The normalized spacial score (nSPS) is 18.8. The van der Waals surface area contributed by atoms with Crippen molar-refractivity contribution in [3.63, 3.8) is 0 Å². The van der Waals surface area contributed by atoms with E-state index in [1.165, 1.54) is 11.8 Å². The summed E-state index contributed by atoms with van der Waals surface area (Å²) >= 11 is 0. The van der Waals surface area contributed by atoms with Gasteiger partial charge >= 0.3 is 0 Å². The Morgan fingerprint density at radius 1 is 1.33 bits per heavy atom.